The van der Waals surface area contributed by atoms with E-state index in [1.165, 1.54) is 4.68 Å². The lowest BCUT2D eigenvalue weighted by molar-refractivity contribution is -0.147. The molecule has 0 saturated heterocycles. The molecule has 20 heavy (non-hydrogen) atoms. The predicted octanol–water partition coefficient (Wildman–Crippen LogP) is 2.92. The number of aromatic nitrogens is 4. The largest absolute Gasteiger partial charge is 0.479 e. The van der Waals surface area contributed by atoms with Gasteiger partial charge in [-0.3, -0.25) is 0 Å². The first kappa shape index (κ1) is 15.4. The molecular weight excluding hydrogens is 439 g/mol. The molecule has 1 unspecified atom stereocenters. The zero-order valence-electron chi connectivity index (χ0n) is 10.8. The molecule has 0 fully saturated rings. The number of carbonyl (C=O) groups is 1. The van der Waals surface area contributed by atoms with Crippen molar-refractivity contribution in [2.24, 2.45) is 0 Å². The number of aliphatic carboxylic acids is 1. The molecule has 0 aliphatic rings. The Bertz CT molecular complexity index is 661. The van der Waals surface area contributed by atoms with E-state index in [9.17, 15) is 9.90 Å². The topological polar surface area (TPSA) is 80.9 Å². The molecule has 106 valence electrons. The van der Waals surface area contributed by atoms with Crippen molar-refractivity contribution in [1.82, 2.24) is 20.2 Å². The van der Waals surface area contributed by atoms with Crippen LogP contribution in [0.25, 0.3) is 11.4 Å². The van der Waals surface area contributed by atoms with Gasteiger partial charge in [0, 0.05) is 13.6 Å². The van der Waals surface area contributed by atoms with Gasteiger partial charge in [0.25, 0.3) is 0 Å². The lowest BCUT2D eigenvalue weighted by atomic mass is 9.99. The average Bonchev–Trinajstić information content (AvgIpc) is 2.90. The van der Waals surface area contributed by atoms with Gasteiger partial charge >= 0.3 is 5.97 Å². The van der Waals surface area contributed by atoms with Crippen LogP contribution in [0.1, 0.15) is 20.3 Å². The van der Waals surface area contributed by atoms with Crippen molar-refractivity contribution >= 4 is 44.5 Å². The number of nitrogens with zero attached hydrogens (tertiary/aromatic N) is 4. The number of carboxylic acids is 1. The van der Waals surface area contributed by atoms with Crippen molar-refractivity contribution in [2.45, 2.75) is 25.8 Å². The molecule has 0 aliphatic carbocycles. The molecule has 6 nitrogen and oxygen atoms in total. The molecular formula is C12H12BrIN4O2. The normalized spacial score (nSPS) is 14.0. The summed E-state index contributed by atoms with van der Waals surface area (Å²) in [6.45, 7) is 3.41. The van der Waals surface area contributed by atoms with Crippen molar-refractivity contribution in [3.05, 3.63) is 26.2 Å². The van der Waals surface area contributed by atoms with Crippen molar-refractivity contribution in [3.8, 4) is 11.4 Å². The summed E-state index contributed by atoms with van der Waals surface area (Å²) in [5.41, 5.74) is -0.379. The van der Waals surface area contributed by atoms with Gasteiger partial charge in [-0.05, 0) is 64.6 Å². The van der Waals surface area contributed by atoms with E-state index in [2.05, 4.69) is 54.0 Å². The molecule has 1 aromatic carbocycles. The summed E-state index contributed by atoms with van der Waals surface area (Å²) < 4.78 is 3.21. The maximum Gasteiger partial charge on any atom is 0.331 e. The fourth-order valence-corrected chi connectivity index (χ4v) is 2.69. The van der Waals surface area contributed by atoms with Crippen LogP contribution in [0.5, 0.6) is 0 Å². The fourth-order valence-electron chi connectivity index (χ4n) is 1.75. The summed E-state index contributed by atoms with van der Waals surface area (Å²) in [6, 6.07) is 5.71. The van der Waals surface area contributed by atoms with E-state index in [1.807, 2.05) is 18.2 Å². The Kier molecular flexibility index (Phi) is 4.43. The fraction of sp³-hybridized carbons (Fsp3) is 0.333. The van der Waals surface area contributed by atoms with Gasteiger partial charge in [-0.15, -0.1) is 5.10 Å². The van der Waals surface area contributed by atoms with Gasteiger partial charge in [0.15, 0.2) is 11.4 Å². The summed E-state index contributed by atoms with van der Waals surface area (Å²) in [6.07, 6.45) is 0.380. The monoisotopic (exact) mass is 450 g/mol. The van der Waals surface area contributed by atoms with Crippen LogP contribution in [0.4, 0.5) is 0 Å². The van der Waals surface area contributed by atoms with Crippen LogP contribution in [0.2, 0.25) is 0 Å². The Labute approximate surface area is 137 Å². The zero-order valence-corrected chi connectivity index (χ0v) is 14.6. The number of carboxylic acid groups (broad SMARTS) is 1. The molecule has 0 spiro atoms. The number of benzene rings is 1. The smallest absolute Gasteiger partial charge is 0.331 e. The van der Waals surface area contributed by atoms with Gasteiger partial charge in [0.2, 0.25) is 0 Å². The molecule has 1 N–H and O–H groups in total. The van der Waals surface area contributed by atoms with Crippen molar-refractivity contribution in [2.75, 3.05) is 0 Å². The van der Waals surface area contributed by atoms with Crippen LogP contribution in [0, 0.1) is 3.57 Å². The van der Waals surface area contributed by atoms with Gasteiger partial charge in [-0.25, -0.2) is 9.48 Å². The molecule has 0 saturated carbocycles. The quantitative estimate of drug-likeness (QED) is 0.724. The maximum atomic E-state index is 11.6. The van der Waals surface area contributed by atoms with Gasteiger partial charge in [0.1, 0.15) is 0 Å². The zero-order chi connectivity index (χ0) is 14.9. The van der Waals surface area contributed by atoms with Crippen molar-refractivity contribution < 1.29 is 9.90 Å². The summed E-state index contributed by atoms with van der Waals surface area (Å²) in [5, 5.41) is 21.0. The second-order valence-electron chi connectivity index (χ2n) is 4.47. The van der Waals surface area contributed by atoms with Gasteiger partial charge in [0.05, 0.1) is 0 Å². The molecule has 2 aromatic rings. The van der Waals surface area contributed by atoms with Crippen LogP contribution in [0.15, 0.2) is 22.7 Å². The second-order valence-corrected chi connectivity index (χ2v) is 6.55. The minimum atomic E-state index is -1.18. The third-order valence-electron chi connectivity index (χ3n) is 3.26. The summed E-state index contributed by atoms with van der Waals surface area (Å²) in [5.74, 6) is -0.513. The predicted molar refractivity (Wildman–Crippen MR) is 85.2 cm³/mol. The Morgan fingerprint density at radius 3 is 2.85 bits per heavy atom. The first-order valence-electron chi connectivity index (χ1n) is 5.88. The van der Waals surface area contributed by atoms with E-state index >= 15 is 0 Å². The van der Waals surface area contributed by atoms with E-state index in [0.29, 0.717) is 12.2 Å². The Hall–Kier alpha value is -1.03. The maximum absolute atomic E-state index is 11.6. The lowest BCUT2D eigenvalue weighted by Gasteiger charge is -2.24. The van der Waals surface area contributed by atoms with E-state index < -0.39 is 11.5 Å². The number of hydrogen-bond donors (Lipinski definition) is 1. The number of halogens is 2. The summed E-state index contributed by atoms with van der Waals surface area (Å²) in [7, 11) is 0. The average molecular weight is 451 g/mol. The first-order chi connectivity index (χ1) is 9.40. The van der Waals surface area contributed by atoms with E-state index in [4.69, 9.17) is 0 Å². The molecule has 0 radical (unpaired) electrons. The molecule has 1 aromatic heterocycles. The SMILES string of the molecule is CCC(C)(C(=O)O)n1nnnc1-c1cc(Br)ccc1I. The van der Waals surface area contributed by atoms with Gasteiger partial charge in [-0.1, -0.05) is 22.9 Å². The van der Waals surface area contributed by atoms with Crippen LogP contribution < -0.4 is 0 Å². The summed E-state index contributed by atoms with van der Waals surface area (Å²) in [4.78, 5) is 11.6. The van der Waals surface area contributed by atoms with Crippen molar-refractivity contribution in [1.29, 1.82) is 0 Å². The standard InChI is InChI=1S/C12H12BrIN4O2/c1-3-12(2,11(19)20)18-10(15-16-17-18)8-6-7(13)4-5-9(8)14/h4-6H,3H2,1-2H3,(H,19,20). The molecule has 8 heteroatoms. The Balaban J connectivity index is 2.64. The minimum Gasteiger partial charge on any atom is -0.479 e. The number of hydrogen-bond acceptors (Lipinski definition) is 4. The number of tetrazole rings is 1. The van der Waals surface area contributed by atoms with E-state index in [0.717, 1.165) is 13.6 Å². The highest BCUT2D eigenvalue weighted by atomic mass is 127. The highest BCUT2D eigenvalue weighted by molar-refractivity contribution is 14.1. The molecule has 0 aliphatic heterocycles. The van der Waals surface area contributed by atoms with Gasteiger partial charge < -0.3 is 5.11 Å². The van der Waals surface area contributed by atoms with Gasteiger partial charge in [-0.2, -0.15) is 0 Å². The molecule has 0 amide bonds. The highest BCUT2D eigenvalue weighted by Gasteiger charge is 2.37. The molecule has 2 rings (SSSR count). The number of rotatable bonds is 4. The van der Waals surface area contributed by atoms with E-state index in [-0.39, 0.29) is 0 Å². The lowest BCUT2D eigenvalue weighted by Crippen LogP contribution is -2.39. The Morgan fingerprint density at radius 1 is 1.55 bits per heavy atom. The molecule has 1 heterocycles. The highest BCUT2D eigenvalue weighted by Crippen LogP contribution is 2.30. The minimum absolute atomic E-state index is 0.380. The molecule has 0 bridgehead atoms. The second kappa shape index (κ2) is 5.76. The van der Waals surface area contributed by atoms with Crippen molar-refractivity contribution in [3.63, 3.8) is 0 Å². The van der Waals surface area contributed by atoms with Crippen LogP contribution in [-0.4, -0.2) is 31.3 Å². The first-order valence-corrected chi connectivity index (χ1v) is 7.75. The summed E-state index contributed by atoms with van der Waals surface area (Å²) >= 11 is 5.58. The third-order valence-corrected chi connectivity index (χ3v) is 4.69. The van der Waals surface area contributed by atoms with Crippen LogP contribution >= 0.6 is 38.5 Å². The van der Waals surface area contributed by atoms with Crippen LogP contribution in [-0.2, 0) is 10.3 Å². The molecule has 1 atom stereocenters. The van der Waals surface area contributed by atoms with Crippen LogP contribution in [0.3, 0.4) is 0 Å². The third kappa shape index (κ3) is 2.58. The van der Waals surface area contributed by atoms with E-state index in [1.54, 1.807) is 13.8 Å². The Morgan fingerprint density at radius 2 is 2.25 bits per heavy atom.